The van der Waals surface area contributed by atoms with Crippen LogP contribution in [0, 0.1) is 13.8 Å². The zero-order valence-corrected chi connectivity index (χ0v) is 11.6. The van der Waals surface area contributed by atoms with Crippen LogP contribution >= 0.6 is 15.9 Å². The minimum Gasteiger partial charge on any atom is -0.233 e. The Morgan fingerprint density at radius 2 is 2.06 bits per heavy atom. The quantitative estimate of drug-likeness (QED) is 0.808. The van der Waals surface area contributed by atoms with Gasteiger partial charge in [0.25, 0.3) is 0 Å². The molecule has 2 aromatic heterocycles. The lowest BCUT2D eigenvalue weighted by atomic mass is 10.2. The van der Waals surface area contributed by atoms with Crippen LogP contribution in [0.1, 0.15) is 29.1 Å². The number of aryl methyl sites for hydroxylation is 3. The summed E-state index contributed by atoms with van der Waals surface area (Å²) in [5.74, 6) is 0.928. The summed E-state index contributed by atoms with van der Waals surface area (Å²) < 4.78 is 2.98. The second kappa shape index (κ2) is 3.95. The van der Waals surface area contributed by atoms with Crippen molar-refractivity contribution < 1.29 is 0 Å². The molecule has 0 fully saturated rings. The van der Waals surface area contributed by atoms with Crippen LogP contribution in [0.3, 0.4) is 0 Å². The van der Waals surface area contributed by atoms with E-state index in [-0.39, 0.29) is 0 Å². The monoisotopic (exact) mass is 291 g/mol. The first-order valence-corrected chi connectivity index (χ1v) is 6.67. The van der Waals surface area contributed by atoms with Crippen LogP contribution in [0.2, 0.25) is 0 Å². The number of hydrogen-bond donors (Lipinski definition) is 0. The van der Waals surface area contributed by atoms with E-state index < -0.39 is 0 Å². The van der Waals surface area contributed by atoms with Crippen molar-refractivity contribution >= 4 is 15.9 Å². The van der Waals surface area contributed by atoms with Crippen LogP contribution in [0.5, 0.6) is 0 Å². The molecule has 3 nitrogen and oxygen atoms in total. The molecule has 3 rings (SSSR count). The molecule has 2 aromatic rings. The van der Waals surface area contributed by atoms with E-state index in [4.69, 9.17) is 4.98 Å². The van der Waals surface area contributed by atoms with E-state index in [1.807, 2.05) is 11.6 Å². The van der Waals surface area contributed by atoms with E-state index in [1.165, 1.54) is 24.1 Å². The summed E-state index contributed by atoms with van der Waals surface area (Å²) in [6.07, 6.45) is 3.50. The number of halogens is 1. The van der Waals surface area contributed by atoms with Crippen molar-refractivity contribution in [3.05, 3.63) is 39.3 Å². The first kappa shape index (κ1) is 11.0. The topological polar surface area (TPSA) is 30.7 Å². The molecule has 1 aliphatic carbocycles. The number of aromatic nitrogens is 3. The summed E-state index contributed by atoms with van der Waals surface area (Å²) in [4.78, 5) is 4.72. The van der Waals surface area contributed by atoms with E-state index in [0.717, 1.165) is 28.1 Å². The Bertz CT molecular complexity index is 587. The third-order valence-electron chi connectivity index (χ3n) is 3.33. The Balaban J connectivity index is 2.12. The molecule has 0 unspecified atom stereocenters. The zero-order valence-electron chi connectivity index (χ0n) is 10.00. The second-order valence-electron chi connectivity index (χ2n) is 4.53. The molecule has 0 bridgehead atoms. The van der Waals surface area contributed by atoms with Crippen molar-refractivity contribution in [2.24, 2.45) is 0 Å². The van der Waals surface area contributed by atoms with Gasteiger partial charge in [-0.3, -0.25) is 0 Å². The lowest BCUT2D eigenvalue weighted by Gasteiger charge is -2.05. The highest BCUT2D eigenvalue weighted by Gasteiger charge is 2.15. The third kappa shape index (κ3) is 1.71. The third-order valence-corrected chi connectivity index (χ3v) is 4.48. The van der Waals surface area contributed by atoms with Gasteiger partial charge in [-0.1, -0.05) is 6.07 Å². The summed E-state index contributed by atoms with van der Waals surface area (Å²) in [6.45, 7) is 4.06. The average Bonchev–Trinajstić information content (AvgIpc) is 2.89. The van der Waals surface area contributed by atoms with Gasteiger partial charge in [-0.05, 0) is 60.7 Å². The molecule has 0 saturated carbocycles. The maximum Gasteiger partial charge on any atom is 0.153 e. The Hall–Kier alpha value is -1.16. The normalized spacial score (nSPS) is 14.1. The van der Waals surface area contributed by atoms with E-state index in [2.05, 4.69) is 40.1 Å². The molecular formula is C13H14BrN3. The molecule has 1 aliphatic rings. The largest absolute Gasteiger partial charge is 0.233 e. The number of nitrogens with zero attached hydrogens (tertiary/aromatic N) is 3. The van der Waals surface area contributed by atoms with E-state index in [1.54, 1.807) is 0 Å². The molecule has 0 radical (unpaired) electrons. The first-order valence-electron chi connectivity index (χ1n) is 5.87. The van der Waals surface area contributed by atoms with Crippen molar-refractivity contribution in [2.45, 2.75) is 33.1 Å². The van der Waals surface area contributed by atoms with Crippen molar-refractivity contribution in [3.63, 3.8) is 0 Å². The van der Waals surface area contributed by atoms with Crippen molar-refractivity contribution in [2.75, 3.05) is 0 Å². The van der Waals surface area contributed by atoms with Crippen molar-refractivity contribution in [3.8, 4) is 5.82 Å². The number of fused-ring (bicyclic) bond motifs is 1. The van der Waals surface area contributed by atoms with E-state index in [9.17, 15) is 0 Å². The average molecular weight is 292 g/mol. The molecule has 17 heavy (non-hydrogen) atoms. The predicted molar refractivity (Wildman–Crippen MR) is 70.6 cm³/mol. The molecule has 0 aromatic carbocycles. The Kier molecular flexibility index (Phi) is 2.54. The fourth-order valence-electron chi connectivity index (χ4n) is 2.37. The standard InChI is InChI=1S/C13H14BrN3/c1-8-13(14)9(2)17(16-8)12-7-6-10-4-3-5-11(10)15-12/h6-7H,3-5H2,1-2H3. The molecule has 0 N–H and O–H groups in total. The zero-order chi connectivity index (χ0) is 12.0. The molecule has 0 saturated heterocycles. The summed E-state index contributed by atoms with van der Waals surface area (Å²) >= 11 is 3.55. The number of hydrogen-bond acceptors (Lipinski definition) is 2. The minimum absolute atomic E-state index is 0.928. The van der Waals surface area contributed by atoms with Gasteiger partial charge in [-0.15, -0.1) is 0 Å². The fourth-order valence-corrected chi connectivity index (χ4v) is 2.62. The lowest BCUT2D eigenvalue weighted by molar-refractivity contribution is 0.796. The van der Waals surface area contributed by atoms with Crippen LogP contribution in [-0.2, 0) is 12.8 Å². The number of rotatable bonds is 1. The van der Waals surface area contributed by atoms with Gasteiger partial charge in [0.2, 0.25) is 0 Å². The second-order valence-corrected chi connectivity index (χ2v) is 5.32. The Morgan fingerprint density at radius 1 is 1.24 bits per heavy atom. The van der Waals surface area contributed by atoms with Gasteiger partial charge in [0, 0.05) is 5.69 Å². The maximum atomic E-state index is 4.72. The Morgan fingerprint density at radius 3 is 2.76 bits per heavy atom. The minimum atomic E-state index is 0.928. The fraction of sp³-hybridized carbons (Fsp3) is 0.385. The SMILES string of the molecule is Cc1nn(-c2ccc3c(n2)CCC3)c(C)c1Br. The molecular weight excluding hydrogens is 278 g/mol. The van der Waals surface area contributed by atoms with E-state index >= 15 is 0 Å². The first-order chi connectivity index (χ1) is 8.16. The highest BCUT2D eigenvalue weighted by molar-refractivity contribution is 9.10. The number of pyridine rings is 1. The van der Waals surface area contributed by atoms with Gasteiger partial charge in [-0.25, -0.2) is 9.67 Å². The van der Waals surface area contributed by atoms with Crippen LogP contribution in [-0.4, -0.2) is 14.8 Å². The van der Waals surface area contributed by atoms with Gasteiger partial charge in [-0.2, -0.15) is 5.10 Å². The van der Waals surface area contributed by atoms with Gasteiger partial charge >= 0.3 is 0 Å². The predicted octanol–water partition coefficient (Wildman–Crippen LogP) is 3.14. The molecule has 0 atom stereocenters. The molecule has 88 valence electrons. The van der Waals surface area contributed by atoms with Crippen LogP contribution < -0.4 is 0 Å². The summed E-state index contributed by atoms with van der Waals surface area (Å²) in [5.41, 5.74) is 4.75. The maximum absolute atomic E-state index is 4.72. The van der Waals surface area contributed by atoms with Crippen molar-refractivity contribution in [1.82, 2.24) is 14.8 Å². The molecule has 0 aliphatic heterocycles. The molecule has 4 heteroatoms. The molecule has 0 spiro atoms. The summed E-state index contributed by atoms with van der Waals surface area (Å²) in [5, 5.41) is 4.51. The van der Waals surface area contributed by atoms with Crippen LogP contribution in [0.25, 0.3) is 5.82 Å². The highest BCUT2D eigenvalue weighted by Crippen LogP contribution is 2.25. The van der Waals surface area contributed by atoms with Gasteiger partial charge < -0.3 is 0 Å². The summed E-state index contributed by atoms with van der Waals surface area (Å²) in [6, 6.07) is 4.26. The molecule has 0 amide bonds. The van der Waals surface area contributed by atoms with Crippen LogP contribution in [0.4, 0.5) is 0 Å². The molecule has 2 heterocycles. The highest BCUT2D eigenvalue weighted by atomic mass is 79.9. The van der Waals surface area contributed by atoms with Gasteiger partial charge in [0.1, 0.15) is 0 Å². The van der Waals surface area contributed by atoms with Crippen molar-refractivity contribution in [1.29, 1.82) is 0 Å². The summed E-state index contributed by atoms with van der Waals surface area (Å²) in [7, 11) is 0. The Labute approximate surface area is 109 Å². The van der Waals surface area contributed by atoms with Gasteiger partial charge in [0.15, 0.2) is 5.82 Å². The van der Waals surface area contributed by atoms with Crippen LogP contribution in [0.15, 0.2) is 16.6 Å². The smallest absolute Gasteiger partial charge is 0.153 e. The lowest BCUT2D eigenvalue weighted by Crippen LogP contribution is -2.04. The van der Waals surface area contributed by atoms with E-state index in [0.29, 0.717) is 0 Å². The van der Waals surface area contributed by atoms with Gasteiger partial charge in [0.05, 0.1) is 15.9 Å².